The Morgan fingerprint density at radius 2 is 2.07 bits per heavy atom. The van der Waals surface area contributed by atoms with Gasteiger partial charge in [0.05, 0.1) is 11.8 Å². The number of amides is 3. The number of fused-ring (bicyclic) bond motifs is 1. The Labute approximate surface area is 167 Å². The van der Waals surface area contributed by atoms with E-state index >= 15 is 0 Å². The first-order valence-corrected chi connectivity index (χ1v) is 10.2. The second-order valence-corrected chi connectivity index (χ2v) is 8.69. The van der Waals surface area contributed by atoms with Crippen LogP contribution in [0.1, 0.15) is 58.5 Å². The highest BCUT2D eigenvalue weighted by atomic mass is 32.1. The Balaban J connectivity index is 1.82. The lowest BCUT2D eigenvalue weighted by Gasteiger charge is -2.21. The van der Waals surface area contributed by atoms with Gasteiger partial charge in [-0.05, 0) is 48.8 Å². The zero-order chi connectivity index (χ0) is 20.4. The van der Waals surface area contributed by atoms with Crippen molar-refractivity contribution in [2.75, 3.05) is 5.32 Å². The number of hydrogen-bond donors (Lipinski definition) is 3. The lowest BCUT2D eigenvalue weighted by atomic mass is 9.88. The summed E-state index contributed by atoms with van der Waals surface area (Å²) in [5, 5.41) is 6.00. The van der Waals surface area contributed by atoms with Crippen molar-refractivity contribution in [2.24, 2.45) is 17.6 Å². The van der Waals surface area contributed by atoms with Crippen LogP contribution >= 0.6 is 11.3 Å². The number of rotatable bonds is 6. The van der Waals surface area contributed by atoms with Gasteiger partial charge in [0, 0.05) is 4.88 Å². The standard InChI is InChI=1S/C20H25N3O4S/c1-10(2)16(22-18(25)13-5-4-8-27-13)19(26)23-20-15(17(21)24)12-7-6-11(3)9-14(12)28-20/h4-5,8,10-11,16H,6-7,9H2,1-3H3,(H2,21,24)(H,22,25)(H,23,26)/t11-,16+/m1/s1. The minimum atomic E-state index is -0.781. The summed E-state index contributed by atoms with van der Waals surface area (Å²) in [4.78, 5) is 38.4. The fourth-order valence-electron chi connectivity index (χ4n) is 3.44. The third-order valence-electron chi connectivity index (χ3n) is 4.98. The molecule has 3 rings (SSSR count). The Bertz CT molecular complexity index is 886. The molecule has 2 aromatic rings. The third-order valence-corrected chi connectivity index (χ3v) is 6.15. The maximum Gasteiger partial charge on any atom is 0.287 e. The Hall–Kier alpha value is -2.61. The minimum Gasteiger partial charge on any atom is -0.459 e. The van der Waals surface area contributed by atoms with Gasteiger partial charge in [-0.25, -0.2) is 0 Å². The molecule has 7 nitrogen and oxygen atoms in total. The third kappa shape index (κ3) is 4.11. The summed E-state index contributed by atoms with van der Waals surface area (Å²) in [7, 11) is 0. The predicted molar refractivity (Wildman–Crippen MR) is 107 cm³/mol. The molecule has 1 aliphatic rings. The van der Waals surface area contributed by atoms with Gasteiger partial charge in [0.25, 0.3) is 11.8 Å². The first kappa shape index (κ1) is 20.1. The summed E-state index contributed by atoms with van der Waals surface area (Å²) in [5.41, 5.74) is 6.96. The normalized spacial score (nSPS) is 17.1. The van der Waals surface area contributed by atoms with Crippen molar-refractivity contribution in [2.45, 2.75) is 46.1 Å². The molecule has 0 aliphatic heterocycles. The van der Waals surface area contributed by atoms with Gasteiger partial charge in [0.1, 0.15) is 11.0 Å². The van der Waals surface area contributed by atoms with Crippen LogP contribution in [0.15, 0.2) is 22.8 Å². The molecular formula is C20H25N3O4S. The zero-order valence-corrected chi connectivity index (χ0v) is 17.0. The molecule has 150 valence electrons. The average Bonchev–Trinajstić information content (AvgIpc) is 3.26. The number of carbonyl (C=O) groups excluding carboxylic acids is 3. The van der Waals surface area contributed by atoms with Crippen molar-refractivity contribution in [3.8, 4) is 0 Å². The van der Waals surface area contributed by atoms with Crippen LogP contribution in [-0.2, 0) is 17.6 Å². The molecule has 0 spiro atoms. The highest BCUT2D eigenvalue weighted by molar-refractivity contribution is 7.17. The van der Waals surface area contributed by atoms with E-state index in [1.807, 2.05) is 13.8 Å². The van der Waals surface area contributed by atoms with Gasteiger partial charge in [0.2, 0.25) is 5.91 Å². The number of furan rings is 1. The number of thiophene rings is 1. The Kier molecular flexibility index (Phi) is 5.88. The largest absolute Gasteiger partial charge is 0.459 e. The molecule has 0 saturated heterocycles. The van der Waals surface area contributed by atoms with Gasteiger partial charge >= 0.3 is 0 Å². The molecule has 1 aliphatic carbocycles. The molecule has 8 heteroatoms. The van der Waals surface area contributed by atoms with E-state index in [9.17, 15) is 14.4 Å². The second-order valence-electron chi connectivity index (χ2n) is 7.58. The molecule has 0 aromatic carbocycles. The summed E-state index contributed by atoms with van der Waals surface area (Å²) in [5.74, 6) is -0.880. The SMILES string of the molecule is CC(C)[C@H](NC(=O)c1ccco1)C(=O)Nc1sc2c(c1C(N)=O)CC[C@@H](C)C2. The van der Waals surface area contributed by atoms with Crippen molar-refractivity contribution < 1.29 is 18.8 Å². The summed E-state index contributed by atoms with van der Waals surface area (Å²) in [6.07, 6.45) is 4.05. The van der Waals surface area contributed by atoms with E-state index in [4.69, 9.17) is 10.2 Å². The molecule has 2 aromatic heterocycles. The van der Waals surface area contributed by atoms with E-state index < -0.39 is 17.9 Å². The topological polar surface area (TPSA) is 114 Å². The summed E-state index contributed by atoms with van der Waals surface area (Å²) >= 11 is 1.40. The van der Waals surface area contributed by atoms with Crippen LogP contribution in [0.2, 0.25) is 0 Å². The molecule has 3 amide bonds. The van der Waals surface area contributed by atoms with Gasteiger partial charge < -0.3 is 20.8 Å². The number of carbonyl (C=O) groups is 3. The lowest BCUT2D eigenvalue weighted by Crippen LogP contribution is -2.47. The van der Waals surface area contributed by atoms with Crippen LogP contribution in [0.25, 0.3) is 0 Å². The molecule has 0 unspecified atom stereocenters. The van der Waals surface area contributed by atoms with E-state index in [0.717, 1.165) is 29.7 Å². The molecular weight excluding hydrogens is 378 g/mol. The molecule has 2 heterocycles. The summed E-state index contributed by atoms with van der Waals surface area (Å²) < 4.78 is 5.09. The molecule has 0 saturated carbocycles. The van der Waals surface area contributed by atoms with Crippen molar-refractivity contribution in [3.63, 3.8) is 0 Å². The lowest BCUT2D eigenvalue weighted by molar-refractivity contribution is -0.118. The zero-order valence-electron chi connectivity index (χ0n) is 16.2. The Morgan fingerprint density at radius 1 is 1.32 bits per heavy atom. The number of nitrogens with one attached hydrogen (secondary N) is 2. The van der Waals surface area contributed by atoms with Crippen molar-refractivity contribution >= 4 is 34.1 Å². The molecule has 0 fully saturated rings. The summed E-state index contributed by atoms with van der Waals surface area (Å²) in [6.45, 7) is 5.84. The van der Waals surface area contributed by atoms with E-state index in [0.29, 0.717) is 16.5 Å². The highest BCUT2D eigenvalue weighted by Crippen LogP contribution is 2.39. The van der Waals surface area contributed by atoms with Crippen molar-refractivity contribution in [3.05, 3.63) is 40.2 Å². The number of anilines is 1. The van der Waals surface area contributed by atoms with Crippen LogP contribution in [0.5, 0.6) is 0 Å². The van der Waals surface area contributed by atoms with Gasteiger partial charge in [0.15, 0.2) is 5.76 Å². The van der Waals surface area contributed by atoms with Gasteiger partial charge in [-0.2, -0.15) is 0 Å². The average molecular weight is 404 g/mol. The minimum absolute atomic E-state index is 0.136. The van der Waals surface area contributed by atoms with Crippen LogP contribution < -0.4 is 16.4 Å². The van der Waals surface area contributed by atoms with Crippen molar-refractivity contribution in [1.29, 1.82) is 0 Å². The molecule has 4 N–H and O–H groups in total. The predicted octanol–water partition coefficient (Wildman–Crippen LogP) is 2.96. The van der Waals surface area contributed by atoms with Gasteiger partial charge in [-0.1, -0.05) is 20.8 Å². The van der Waals surface area contributed by atoms with Crippen LogP contribution in [-0.4, -0.2) is 23.8 Å². The number of hydrogen-bond acceptors (Lipinski definition) is 5. The molecule has 0 bridgehead atoms. The number of primary amides is 1. The monoisotopic (exact) mass is 403 g/mol. The van der Waals surface area contributed by atoms with E-state index in [2.05, 4.69) is 17.6 Å². The van der Waals surface area contributed by atoms with E-state index in [-0.39, 0.29) is 17.6 Å². The van der Waals surface area contributed by atoms with Gasteiger partial charge in [-0.3, -0.25) is 14.4 Å². The van der Waals surface area contributed by atoms with E-state index in [1.165, 1.54) is 23.7 Å². The smallest absolute Gasteiger partial charge is 0.287 e. The van der Waals surface area contributed by atoms with Gasteiger partial charge in [-0.15, -0.1) is 11.3 Å². The first-order valence-electron chi connectivity index (χ1n) is 9.37. The Morgan fingerprint density at radius 3 is 2.68 bits per heavy atom. The fourth-order valence-corrected chi connectivity index (χ4v) is 4.86. The maximum absolute atomic E-state index is 12.9. The van der Waals surface area contributed by atoms with Crippen LogP contribution in [0.3, 0.4) is 0 Å². The van der Waals surface area contributed by atoms with Crippen molar-refractivity contribution in [1.82, 2.24) is 5.32 Å². The fraction of sp³-hybridized carbons (Fsp3) is 0.450. The molecule has 2 atom stereocenters. The molecule has 28 heavy (non-hydrogen) atoms. The number of nitrogens with two attached hydrogens (primary N) is 1. The van der Waals surface area contributed by atoms with Crippen LogP contribution in [0, 0.1) is 11.8 Å². The van der Waals surface area contributed by atoms with E-state index in [1.54, 1.807) is 6.07 Å². The molecule has 0 radical (unpaired) electrons. The quantitative estimate of drug-likeness (QED) is 0.688. The summed E-state index contributed by atoms with van der Waals surface area (Å²) in [6, 6.07) is 2.36. The maximum atomic E-state index is 12.9. The van der Waals surface area contributed by atoms with Crippen LogP contribution in [0.4, 0.5) is 5.00 Å². The first-order chi connectivity index (χ1) is 13.3. The highest BCUT2D eigenvalue weighted by Gasteiger charge is 2.30. The second kappa shape index (κ2) is 8.18.